The van der Waals surface area contributed by atoms with Crippen LogP contribution in [-0.2, 0) is 6.54 Å². The molecule has 0 bridgehead atoms. The maximum atomic E-state index is 6.01. The Bertz CT molecular complexity index is 496. The van der Waals surface area contributed by atoms with E-state index in [4.69, 9.17) is 16.1 Å². The van der Waals surface area contributed by atoms with E-state index in [1.54, 1.807) is 6.92 Å². The van der Waals surface area contributed by atoms with E-state index < -0.39 is 0 Å². The van der Waals surface area contributed by atoms with Gasteiger partial charge in [-0.15, -0.1) is 0 Å². The first-order valence-corrected chi connectivity index (χ1v) is 5.32. The third-order valence-electron chi connectivity index (χ3n) is 2.19. The monoisotopic (exact) mass is 237 g/mol. The van der Waals surface area contributed by atoms with E-state index in [9.17, 15) is 0 Å². The molecule has 0 amide bonds. The lowest BCUT2D eigenvalue weighted by Gasteiger charge is -2.05. The van der Waals surface area contributed by atoms with E-state index >= 15 is 0 Å². The third kappa shape index (κ3) is 2.52. The summed E-state index contributed by atoms with van der Waals surface area (Å²) in [4.78, 5) is 4.09. The fraction of sp³-hybridized carbons (Fsp3) is 0.273. The van der Waals surface area contributed by atoms with Gasteiger partial charge in [0.2, 0.25) is 5.89 Å². The van der Waals surface area contributed by atoms with Gasteiger partial charge in [-0.3, -0.25) is 0 Å². The summed E-state index contributed by atoms with van der Waals surface area (Å²) in [5, 5.41) is 7.61. The minimum absolute atomic E-state index is 0.500. The Kier molecular flexibility index (Phi) is 3.10. The van der Waals surface area contributed by atoms with E-state index in [0.29, 0.717) is 18.3 Å². The molecule has 1 heterocycles. The van der Waals surface area contributed by atoms with E-state index in [1.807, 2.05) is 25.1 Å². The Labute approximate surface area is 98.6 Å². The van der Waals surface area contributed by atoms with Crippen LogP contribution in [0.5, 0.6) is 0 Å². The maximum absolute atomic E-state index is 6.01. The van der Waals surface area contributed by atoms with Gasteiger partial charge in [-0.2, -0.15) is 4.98 Å². The van der Waals surface area contributed by atoms with Crippen molar-refractivity contribution >= 4 is 17.3 Å². The molecule has 1 N–H and O–H groups in total. The molecule has 0 aliphatic rings. The Hall–Kier alpha value is -1.55. The molecule has 2 aromatic rings. The number of hydrogen-bond donors (Lipinski definition) is 1. The Morgan fingerprint density at radius 1 is 1.38 bits per heavy atom. The van der Waals surface area contributed by atoms with E-state index in [1.165, 1.54) is 0 Å². The second-order valence-electron chi connectivity index (χ2n) is 3.55. The molecule has 16 heavy (non-hydrogen) atoms. The number of anilines is 1. The lowest BCUT2D eigenvalue weighted by Crippen LogP contribution is -1.99. The highest BCUT2D eigenvalue weighted by Gasteiger charge is 2.02. The Morgan fingerprint density at radius 2 is 2.19 bits per heavy atom. The van der Waals surface area contributed by atoms with Crippen LogP contribution < -0.4 is 5.32 Å². The van der Waals surface area contributed by atoms with Crippen LogP contribution in [0.15, 0.2) is 22.7 Å². The van der Waals surface area contributed by atoms with Gasteiger partial charge in [0.05, 0.1) is 6.54 Å². The first-order chi connectivity index (χ1) is 7.65. The van der Waals surface area contributed by atoms with Gasteiger partial charge >= 0.3 is 0 Å². The van der Waals surface area contributed by atoms with Crippen molar-refractivity contribution in [3.63, 3.8) is 0 Å². The van der Waals surface area contributed by atoms with Crippen LogP contribution in [0.25, 0.3) is 0 Å². The smallest absolute Gasteiger partial charge is 0.245 e. The van der Waals surface area contributed by atoms with Crippen molar-refractivity contribution < 1.29 is 4.52 Å². The van der Waals surface area contributed by atoms with Crippen LogP contribution >= 0.6 is 11.6 Å². The fourth-order valence-electron chi connectivity index (χ4n) is 1.29. The molecule has 0 unspecified atom stereocenters. The highest BCUT2D eigenvalue weighted by atomic mass is 35.5. The molecule has 2 rings (SSSR count). The van der Waals surface area contributed by atoms with Crippen molar-refractivity contribution in [2.75, 3.05) is 5.32 Å². The van der Waals surface area contributed by atoms with Crippen LogP contribution in [0.4, 0.5) is 5.69 Å². The average Bonchev–Trinajstić information content (AvgIpc) is 2.66. The molecule has 0 radical (unpaired) electrons. The predicted octanol–water partition coefficient (Wildman–Crippen LogP) is 2.95. The first-order valence-electron chi connectivity index (χ1n) is 4.94. The Balaban J connectivity index is 2.02. The van der Waals surface area contributed by atoms with Crippen molar-refractivity contribution in [2.45, 2.75) is 20.4 Å². The highest BCUT2D eigenvalue weighted by Crippen LogP contribution is 2.20. The molecular formula is C11H12ClN3O. The second kappa shape index (κ2) is 4.53. The molecule has 0 saturated heterocycles. The zero-order chi connectivity index (χ0) is 11.5. The van der Waals surface area contributed by atoms with Crippen molar-refractivity contribution in [1.82, 2.24) is 10.1 Å². The number of rotatable bonds is 3. The van der Waals surface area contributed by atoms with Crippen LogP contribution in [0.2, 0.25) is 5.02 Å². The minimum Gasteiger partial charge on any atom is -0.376 e. The normalized spacial score (nSPS) is 10.4. The summed E-state index contributed by atoms with van der Waals surface area (Å²) in [6.07, 6.45) is 0. The van der Waals surface area contributed by atoms with Gasteiger partial charge < -0.3 is 9.84 Å². The summed E-state index contributed by atoms with van der Waals surface area (Å²) < 4.78 is 4.98. The molecular weight excluding hydrogens is 226 g/mol. The van der Waals surface area contributed by atoms with Crippen LogP contribution in [0.1, 0.15) is 17.3 Å². The molecule has 1 aromatic carbocycles. The summed E-state index contributed by atoms with van der Waals surface area (Å²) in [7, 11) is 0. The molecule has 0 aliphatic carbocycles. The van der Waals surface area contributed by atoms with Gasteiger partial charge in [0, 0.05) is 10.7 Å². The zero-order valence-corrected chi connectivity index (χ0v) is 9.88. The lowest BCUT2D eigenvalue weighted by molar-refractivity contribution is 0.379. The number of aromatic nitrogens is 2. The van der Waals surface area contributed by atoms with Crippen LogP contribution in [-0.4, -0.2) is 10.1 Å². The van der Waals surface area contributed by atoms with Gasteiger partial charge in [0.15, 0.2) is 5.82 Å². The molecule has 0 saturated carbocycles. The van der Waals surface area contributed by atoms with Crippen LogP contribution in [0, 0.1) is 13.8 Å². The summed E-state index contributed by atoms with van der Waals surface area (Å²) in [6, 6.07) is 5.80. The number of hydrogen-bond acceptors (Lipinski definition) is 4. The third-order valence-corrected chi connectivity index (χ3v) is 2.59. The topological polar surface area (TPSA) is 51.0 Å². The molecule has 5 heteroatoms. The molecule has 0 aliphatic heterocycles. The first kappa shape index (κ1) is 11.0. The fourth-order valence-corrected chi connectivity index (χ4v) is 1.47. The number of nitrogens with zero attached hydrogens (tertiary/aromatic N) is 2. The van der Waals surface area contributed by atoms with Crippen molar-refractivity contribution in [3.05, 3.63) is 40.5 Å². The zero-order valence-electron chi connectivity index (χ0n) is 9.12. The summed E-state index contributed by atoms with van der Waals surface area (Å²) in [6.45, 7) is 4.25. The van der Waals surface area contributed by atoms with Crippen molar-refractivity contribution in [1.29, 1.82) is 0 Å². The van der Waals surface area contributed by atoms with E-state index in [0.717, 1.165) is 16.3 Å². The quantitative estimate of drug-likeness (QED) is 0.892. The minimum atomic E-state index is 0.500. The van der Waals surface area contributed by atoms with Crippen molar-refractivity contribution in [3.8, 4) is 0 Å². The molecule has 0 spiro atoms. The van der Waals surface area contributed by atoms with Gasteiger partial charge in [0.25, 0.3) is 0 Å². The van der Waals surface area contributed by atoms with E-state index in [2.05, 4.69) is 15.5 Å². The maximum Gasteiger partial charge on any atom is 0.245 e. The SMILES string of the molecule is Cc1noc(CNc2ccc(C)c(Cl)c2)n1. The number of halogens is 1. The van der Waals surface area contributed by atoms with Gasteiger partial charge in [0.1, 0.15) is 0 Å². The number of benzene rings is 1. The largest absolute Gasteiger partial charge is 0.376 e. The van der Waals surface area contributed by atoms with E-state index in [-0.39, 0.29) is 0 Å². The van der Waals surface area contributed by atoms with Gasteiger partial charge in [-0.25, -0.2) is 0 Å². The standard InChI is InChI=1S/C11H12ClN3O/c1-7-3-4-9(5-10(7)12)13-6-11-14-8(2)15-16-11/h3-5,13H,6H2,1-2H3. The predicted molar refractivity (Wildman–Crippen MR) is 62.6 cm³/mol. The molecule has 1 aromatic heterocycles. The van der Waals surface area contributed by atoms with Crippen LogP contribution in [0.3, 0.4) is 0 Å². The number of nitrogens with one attached hydrogen (secondary N) is 1. The molecule has 0 fully saturated rings. The van der Waals surface area contributed by atoms with Gasteiger partial charge in [-0.05, 0) is 31.5 Å². The molecule has 4 nitrogen and oxygen atoms in total. The molecule has 0 atom stereocenters. The van der Waals surface area contributed by atoms with Gasteiger partial charge in [-0.1, -0.05) is 22.8 Å². The summed E-state index contributed by atoms with van der Waals surface area (Å²) >= 11 is 6.01. The lowest BCUT2D eigenvalue weighted by atomic mass is 10.2. The second-order valence-corrected chi connectivity index (χ2v) is 3.96. The number of aryl methyl sites for hydroxylation is 2. The summed E-state index contributed by atoms with van der Waals surface area (Å²) in [5.74, 6) is 1.20. The average molecular weight is 238 g/mol. The summed E-state index contributed by atoms with van der Waals surface area (Å²) in [5.41, 5.74) is 1.99. The highest BCUT2D eigenvalue weighted by molar-refractivity contribution is 6.31. The van der Waals surface area contributed by atoms with Crippen molar-refractivity contribution in [2.24, 2.45) is 0 Å². The molecule has 84 valence electrons. The Morgan fingerprint density at radius 3 is 2.81 bits per heavy atom.